The van der Waals surface area contributed by atoms with Crippen LogP contribution in [0.25, 0.3) is 0 Å². The Balaban J connectivity index is 0.00000190. The van der Waals surface area contributed by atoms with Crippen molar-refractivity contribution in [1.82, 2.24) is 4.98 Å². The fourth-order valence-corrected chi connectivity index (χ4v) is 2.06. The first-order valence-corrected chi connectivity index (χ1v) is 8.35. The van der Waals surface area contributed by atoms with Gasteiger partial charge in [-0.3, -0.25) is 9.98 Å². The Labute approximate surface area is 160 Å². The summed E-state index contributed by atoms with van der Waals surface area (Å²) >= 11 is 0. The zero-order valence-electron chi connectivity index (χ0n) is 15.6. The summed E-state index contributed by atoms with van der Waals surface area (Å²) in [6.45, 7) is 3.88. The molecule has 0 radical (unpaired) electrons. The van der Waals surface area contributed by atoms with Crippen molar-refractivity contribution in [2.45, 2.75) is 26.6 Å². The van der Waals surface area contributed by atoms with Crippen molar-refractivity contribution >= 4 is 11.4 Å². The zero-order chi connectivity index (χ0) is 21.3. The molecule has 152 valence electrons. The molecule has 2 rings (SSSR count). The second-order valence-electron chi connectivity index (χ2n) is 5.22. The van der Waals surface area contributed by atoms with E-state index in [-0.39, 0.29) is 17.8 Å². The molecule has 4 nitrogen and oxygen atoms in total. The fraction of sp³-hybridized carbons (Fsp3) is 0.263. The maximum absolute atomic E-state index is 13.5. The molecule has 1 aromatic carbocycles. The number of aliphatic imine (C=N–C) groups is 1. The van der Waals surface area contributed by atoms with E-state index in [4.69, 9.17) is 5.73 Å². The summed E-state index contributed by atoms with van der Waals surface area (Å²) in [4.78, 5) is 7.19. The lowest BCUT2D eigenvalue weighted by atomic mass is 10.1. The van der Waals surface area contributed by atoms with Gasteiger partial charge in [-0.15, -0.1) is 0 Å². The molecule has 0 atom stereocenters. The maximum Gasteiger partial charge on any atom is 0.430 e. The number of rotatable bonds is 5. The Kier molecular flexibility index (Phi) is 8.56. The molecule has 0 amide bonds. The number of anilines is 1. The van der Waals surface area contributed by atoms with Crippen LogP contribution in [0.3, 0.4) is 0 Å². The lowest BCUT2D eigenvalue weighted by Gasteiger charge is -2.10. The van der Waals surface area contributed by atoms with Crippen LogP contribution in [0, 0.1) is 11.6 Å². The summed E-state index contributed by atoms with van der Waals surface area (Å²) in [5.74, 6) is -1.55. The molecule has 0 aliphatic carbocycles. The van der Waals surface area contributed by atoms with E-state index in [0.717, 1.165) is 18.5 Å². The van der Waals surface area contributed by atoms with Gasteiger partial charge >= 0.3 is 6.18 Å². The van der Waals surface area contributed by atoms with Crippen LogP contribution >= 0.6 is 0 Å². The molecular formula is C19H21F5N4. The first-order chi connectivity index (χ1) is 13.2. The highest BCUT2D eigenvalue weighted by atomic mass is 19.4. The molecule has 0 aliphatic rings. The van der Waals surface area contributed by atoms with Crippen molar-refractivity contribution in [2.75, 3.05) is 12.4 Å². The lowest BCUT2D eigenvalue weighted by molar-refractivity contribution is -0.0925. The Morgan fingerprint density at radius 3 is 2.11 bits per heavy atom. The standard InChI is InChI=1S/C17H15F5N4.C2H6/c1-24-15(6-16(23)17(20,21)22)10-2-4-11(5-3-10)26-7-12-13(18)8-25-9-14(12)19;1-2/h2-6,8-9,26H,7,23H2,1H3;1-2H3/b16-6-,24-15?;. The highest BCUT2D eigenvalue weighted by Gasteiger charge is 2.31. The summed E-state index contributed by atoms with van der Waals surface area (Å²) in [6.07, 6.45) is -2.09. The van der Waals surface area contributed by atoms with Crippen LogP contribution in [0.1, 0.15) is 25.0 Å². The molecule has 2 aromatic rings. The van der Waals surface area contributed by atoms with Gasteiger partial charge in [0.2, 0.25) is 0 Å². The fourth-order valence-electron chi connectivity index (χ4n) is 2.06. The summed E-state index contributed by atoms with van der Waals surface area (Å²) in [7, 11) is 1.34. The molecule has 3 N–H and O–H groups in total. The van der Waals surface area contributed by atoms with Gasteiger partial charge < -0.3 is 11.1 Å². The van der Waals surface area contributed by atoms with Crippen molar-refractivity contribution in [1.29, 1.82) is 0 Å². The topological polar surface area (TPSA) is 63.3 Å². The largest absolute Gasteiger partial charge is 0.430 e. The van der Waals surface area contributed by atoms with E-state index in [1.165, 1.54) is 19.2 Å². The number of pyridine rings is 1. The number of halogens is 5. The van der Waals surface area contributed by atoms with Gasteiger partial charge in [0.05, 0.1) is 18.1 Å². The second-order valence-corrected chi connectivity index (χ2v) is 5.22. The molecule has 0 unspecified atom stereocenters. The predicted molar refractivity (Wildman–Crippen MR) is 100 cm³/mol. The first kappa shape index (κ1) is 23.1. The van der Waals surface area contributed by atoms with E-state index in [0.29, 0.717) is 11.3 Å². The van der Waals surface area contributed by atoms with E-state index in [9.17, 15) is 22.0 Å². The average Bonchev–Trinajstić information content (AvgIpc) is 2.67. The number of alkyl halides is 3. The Morgan fingerprint density at radius 2 is 1.64 bits per heavy atom. The number of benzene rings is 1. The molecule has 0 spiro atoms. The molecule has 0 fully saturated rings. The predicted octanol–water partition coefficient (Wildman–Crippen LogP) is 4.82. The molecule has 9 heteroatoms. The Bertz CT molecular complexity index is 807. The van der Waals surface area contributed by atoms with Crippen LogP contribution in [0.2, 0.25) is 0 Å². The molecule has 0 aliphatic heterocycles. The summed E-state index contributed by atoms with van der Waals surface area (Å²) in [6, 6.07) is 6.14. The van der Waals surface area contributed by atoms with Gasteiger partial charge in [0, 0.05) is 24.8 Å². The number of nitrogens with zero attached hydrogens (tertiary/aromatic N) is 2. The highest BCUT2D eigenvalue weighted by Crippen LogP contribution is 2.22. The van der Waals surface area contributed by atoms with Crippen LogP contribution in [0.15, 0.2) is 53.4 Å². The third-order valence-corrected chi connectivity index (χ3v) is 3.46. The van der Waals surface area contributed by atoms with Crippen molar-refractivity contribution in [3.05, 3.63) is 71.2 Å². The number of aromatic nitrogens is 1. The monoisotopic (exact) mass is 400 g/mol. The van der Waals surface area contributed by atoms with E-state index >= 15 is 0 Å². The van der Waals surface area contributed by atoms with Crippen molar-refractivity contribution in [3.63, 3.8) is 0 Å². The average molecular weight is 400 g/mol. The Morgan fingerprint density at radius 1 is 1.11 bits per heavy atom. The highest BCUT2D eigenvalue weighted by molar-refractivity contribution is 6.09. The molecule has 0 saturated heterocycles. The summed E-state index contributed by atoms with van der Waals surface area (Å²) in [5.41, 5.74) is 4.56. The Hall–Kier alpha value is -2.97. The lowest BCUT2D eigenvalue weighted by Crippen LogP contribution is -2.20. The molecule has 1 aromatic heterocycles. The molecule has 0 bridgehead atoms. The van der Waals surface area contributed by atoms with E-state index in [1.54, 1.807) is 12.1 Å². The van der Waals surface area contributed by atoms with Crippen molar-refractivity contribution < 1.29 is 22.0 Å². The third kappa shape index (κ3) is 6.33. The van der Waals surface area contributed by atoms with Crippen molar-refractivity contribution in [2.24, 2.45) is 10.7 Å². The van der Waals surface area contributed by atoms with Gasteiger partial charge in [0.1, 0.15) is 17.3 Å². The van der Waals surface area contributed by atoms with Crippen LogP contribution < -0.4 is 11.1 Å². The van der Waals surface area contributed by atoms with E-state index in [2.05, 4.69) is 15.3 Å². The summed E-state index contributed by atoms with van der Waals surface area (Å²) < 4.78 is 64.6. The first-order valence-electron chi connectivity index (χ1n) is 8.35. The number of nitrogens with one attached hydrogen (secondary N) is 1. The zero-order valence-corrected chi connectivity index (χ0v) is 15.6. The number of hydrogen-bond acceptors (Lipinski definition) is 4. The number of nitrogens with two attached hydrogens (primary N) is 1. The minimum absolute atomic E-state index is 0.0533. The molecule has 1 heterocycles. The van der Waals surface area contributed by atoms with Crippen LogP contribution in [0.5, 0.6) is 0 Å². The van der Waals surface area contributed by atoms with E-state index in [1.807, 2.05) is 13.8 Å². The van der Waals surface area contributed by atoms with Crippen molar-refractivity contribution in [3.8, 4) is 0 Å². The SMILES string of the molecule is CC.CN=C(/C=C(\N)C(F)(F)F)c1ccc(NCc2c(F)cncc2F)cc1. The summed E-state index contributed by atoms with van der Waals surface area (Å²) in [5, 5.41) is 2.82. The third-order valence-electron chi connectivity index (χ3n) is 3.46. The minimum atomic E-state index is -4.64. The second kappa shape index (κ2) is 10.4. The number of hydrogen-bond donors (Lipinski definition) is 2. The smallest absolute Gasteiger partial charge is 0.395 e. The van der Waals surface area contributed by atoms with Gasteiger partial charge in [-0.25, -0.2) is 8.78 Å². The van der Waals surface area contributed by atoms with Gasteiger partial charge in [0.15, 0.2) is 0 Å². The molecule has 0 saturated carbocycles. The minimum Gasteiger partial charge on any atom is -0.395 e. The van der Waals surface area contributed by atoms with Crippen LogP contribution in [0.4, 0.5) is 27.6 Å². The van der Waals surface area contributed by atoms with Gasteiger partial charge in [-0.05, 0) is 23.8 Å². The van der Waals surface area contributed by atoms with Gasteiger partial charge in [0.25, 0.3) is 0 Å². The molecular weight excluding hydrogens is 379 g/mol. The maximum atomic E-state index is 13.5. The quantitative estimate of drug-likeness (QED) is 0.559. The molecule has 28 heavy (non-hydrogen) atoms. The van der Waals surface area contributed by atoms with Crippen LogP contribution in [-0.4, -0.2) is 23.9 Å². The van der Waals surface area contributed by atoms with Gasteiger partial charge in [-0.1, -0.05) is 26.0 Å². The number of allylic oxidation sites excluding steroid dienone is 2. The van der Waals surface area contributed by atoms with E-state index < -0.39 is 23.5 Å². The normalized spacial score (nSPS) is 12.3. The van der Waals surface area contributed by atoms with Crippen LogP contribution in [-0.2, 0) is 6.54 Å². The van der Waals surface area contributed by atoms with Gasteiger partial charge in [-0.2, -0.15) is 13.2 Å².